The van der Waals surface area contributed by atoms with Crippen LogP contribution in [0.4, 0.5) is 0 Å². The molecule has 0 aliphatic heterocycles. The highest BCUT2D eigenvalue weighted by atomic mass is 14.8. The van der Waals surface area contributed by atoms with Crippen LogP contribution in [0.25, 0.3) is 33.8 Å². The first-order valence-electron chi connectivity index (χ1n) is 9.45. The molecule has 0 N–H and O–H groups in total. The van der Waals surface area contributed by atoms with Gasteiger partial charge in [-0.2, -0.15) is 0 Å². The molecule has 28 heavy (non-hydrogen) atoms. The van der Waals surface area contributed by atoms with Gasteiger partial charge in [0.15, 0.2) is 0 Å². The Labute approximate surface area is 167 Å². The average molecular weight is 363 g/mol. The molecule has 2 nitrogen and oxygen atoms in total. The minimum absolute atomic E-state index is 0.876. The molecular formula is C26H23N2+. The van der Waals surface area contributed by atoms with E-state index in [4.69, 9.17) is 9.97 Å². The van der Waals surface area contributed by atoms with Crippen LogP contribution in [-0.2, 0) is 0 Å². The summed E-state index contributed by atoms with van der Waals surface area (Å²) in [5.74, 6) is 0. The Hall–Kier alpha value is -3.39. The third-order valence-electron chi connectivity index (χ3n) is 4.75. The summed E-state index contributed by atoms with van der Waals surface area (Å²) in [5, 5.41) is 0. The summed E-state index contributed by atoms with van der Waals surface area (Å²) in [6.45, 7) is 10.4. The van der Waals surface area contributed by atoms with Crippen LogP contribution in [0, 0.1) is 27.7 Å². The predicted octanol–water partition coefficient (Wildman–Crippen LogP) is 6.59. The number of rotatable bonds is 3. The molecule has 1 aromatic heterocycles. The zero-order chi connectivity index (χ0) is 19.7. The molecule has 0 saturated carbocycles. The standard InChI is InChI=1S/C26H23N2/c1-17-10-18(2)13-22(12-17)25-26(23-14-19(3)11-20(4)15-23)28-24(16-27-25)21-8-6-5-7-9-21/h5-16H,1H2,2-4H3/q+1. The summed E-state index contributed by atoms with van der Waals surface area (Å²) in [6, 6.07) is 23.0. The molecule has 0 bridgehead atoms. The first-order chi connectivity index (χ1) is 13.5. The SMILES string of the molecule is [CH2+]c1cc(C)cc(-c2ncc(-c3ccccc3)nc2-c2cc(C)cc(C)c2)c1. The summed E-state index contributed by atoms with van der Waals surface area (Å²) in [5.41, 5.74) is 10.4. The minimum atomic E-state index is 0.876. The molecule has 3 aromatic carbocycles. The van der Waals surface area contributed by atoms with E-state index in [1.54, 1.807) is 0 Å². The van der Waals surface area contributed by atoms with Gasteiger partial charge in [0.25, 0.3) is 0 Å². The highest BCUT2D eigenvalue weighted by molar-refractivity contribution is 5.80. The summed E-state index contributed by atoms with van der Waals surface area (Å²) in [6.07, 6.45) is 1.86. The average Bonchev–Trinajstić information content (AvgIpc) is 2.67. The molecule has 136 valence electrons. The third kappa shape index (κ3) is 3.67. The molecule has 1 heterocycles. The maximum absolute atomic E-state index is 5.05. The van der Waals surface area contributed by atoms with E-state index in [2.05, 4.69) is 76.2 Å². The van der Waals surface area contributed by atoms with Crippen molar-refractivity contribution in [1.29, 1.82) is 0 Å². The Bertz CT molecular complexity index is 1100. The van der Waals surface area contributed by atoms with Gasteiger partial charge in [-0.3, -0.25) is 4.98 Å². The second-order valence-electron chi connectivity index (χ2n) is 7.40. The lowest BCUT2D eigenvalue weighted by atomic mass is 9.98. The van der Waals surface area contributed by atoms with Gasteiger partial charge < -0.3 is 0 Å². The van der Waals surface area contributed by atoms with Crippen molar-refractivity contribution < 1.29 is 0 Å². The van der Waals surface area contributed by atoms with Crippen LogP contribution < -0.4 is 0 Å². The second kappa shape index (κ2) is 7.32. The molecule has 4 rings (SSSR count). The van der Waals surface area contributed by atoms with Gasteiger partial charge in [-0.15, -0.1) is 0 Å². The molecule has 0 atom stereocenters. The quantitative estimate of drug-likeness (QED) is 0.384. The van der Waals surface area contributed by atoms with E-state index in [1.165, 1.54) is 16.7 Å². The Morgan fingerprint density at radius 2 is 1.25 bits per heavy atom. The molecule has 0 fully saturated rings. The van der Waals surface area contributed by atoms with Crippen molar-refractivity contribution in [2.75, 3.05) is 0 Å². The summed E-state index contributed by atoms with van der Waals surface area (Å²) in [7, 11) is 0. The monoisotopic (exact) mass is 363 g/mol. The summed E-state index contributed by atoms with van der Waals surface area (Å²) >= 11 is 0. The molecule has 0 aliphatic rings. The van der Waals surface area contributed by atoms with Crippen molar-refractivity contribution in [1.82, 2.24) is 9.97 Å². The van der Waals surface area contributed by atoms with Crippen LogP contribution in [0.3, 0.4) is 0 Å². The number of hydrogen-bond donors (Lipinski definition) is 0. The van der Waals surface area contributed by atoms with Crippen molar-refractivity contribution in [2.45, 2.75) is 20.8 Å². The van der Waals surface area contributed by atoms with E-state index in [1.807, 2.05) is 24.4 Å². The van der Waals surface area contributed by atoms with Crippen LogP contribution >= 0.6 is 0 Å². The number of benzene rings is 3. The molecule has 0 unspecified atom stereocenters. The number of aryl methyl sites for hydroxylation is 3. The minimum Gasteiger partial charge on any atom is -0.250 e. The van der Waals surface area contributed by atoms with Gasteiger partial charge in [0.05, 0.1) is 29.2 Å². The van der Waals surface area contributed by atoms with E-state index < -0.39 is 0 Å². The first-order valence-corrected chi connectivity index (χ1v) is 9.45. The van der Waals surface area contributed by atoms with Crippen molar-refractivity contribution >= 4 is 0 Å². The van der Waals surface area contributed by atoms with Crippen LogP contribution in [0.15, 0.2) is 72.9 Å². The lowest BCUT2D eigenvalue weighted by Crippen LogP contribution is -1.97. The van der Waals surface area contributed by atoms with Gasteiger partial charge in [0.1, 0.15) is 11.3 Å². The van der Waals surface area contributed by atoms with E-state index in [0.717, 1.165) is 39.3 Å². The number of nitrogens with zero attached hydrogens (tertiary/aromatic N) is 2. The molecule has 0 saturated heterocycles. The maximum atomic E-state index is 5.05. The Morgan fingerprint density at radius 1 is 0.643 bits per heavy atom. The van der Waals surface area contributed by atoms with Gasteiger partial charge in [-0.05, 0) is 39.0 Å². The van der Waals surface area contributed by atoms with Crippen LogP contribution in [0.2, 0.25) is 0 Å². The highest BCUT2D eigenvalue weighted by Gasteiger charge is 2.16. The lowest BCUT2D eigenvalue weighted by molar-refractivity contribution is 1.20. The molecule has 0 amide bonds. The fraction of sp³-hybridized carbons (Fsp3) is 0.115. The fourth-order valence-electron chi connectivity index (χ4n) is 3.66. The van der Waals surface area contributed by atoms with E-state index in [0.29, 0.717) is 0 Å². The molecule has 0 aliphatic carbocycles. The van der Waals surface area contributed by atoms with Crippen LogP contribution in [0.1, 0.15) is 22.3 Å². The topological polar surface area (TPSA) is 25.8 Å². The Morgan fingerprint density at radius 3 is 1.89 bits per heavy atom. The lowest BCUT2D eigenvalue weighted by Gasteiger charge is -2.12. The summed E-state index contributed by atoms with van der Waals surface area (Å²) < 4.78 is 0. The Kier molecular flexibility index (Phi) is 4.70. The Balaban J connectivity index is 1.97. The molecule has 2 heteroatoms. The van der Waals surface area contributed by atoms with Gasteiger partial charge in [-0.25, -0.2) is 4.98 Å². The van der Waals surface area contributed by atoms with Crippen LogP contribution in [-0.4, -0.2) is 9.97 Å². The molecule has 0 spiro atoms. The largest absolute Gasteiger partial charge is 0.250 e. The van der Waals surface area contributed by atoms with Gasteiger partial charge >= 0.3 is 0 Å². The van der Waals surface area contributed by atoms with Crippen molar-refractivity contribution in [3.8, 4) is 33.8 Å². The smallest absolute Gasteiger partial charge is 0.127 e. The van der Waals surface area contributed by atoms with Crippen molar-refractivity contribution in [3.63, 3.8) is 0 Å². The normalized spacial score (nSPS) is 10.8. The van der Waals surface area contributed by atoms with E-state index >= 15 is 0 Å². The number of hydrogen-bond acceptors (Lipinski definition) is 2. The van der Waals surface area contributed by atoms with Gasteiger partial charge in [-0.1, -0.05) is 47.5 Å². The number of aromatic nitrogens is 2. The second-order valence-corrected chi connectivity index (χ2v) is 7.40. The molecule has 0 radical (unpaired) electrons. The van der Waals surface area contributed by atoms with Gasteiger partial charge in [0.2, 0.25) is 0 Å². The molecular weight excluding hydrogens is 340 g/mol. The zero-order valence-corrected chi connectivity index (χ0v) is 16.5. The van der Waals surface area contributed by atoms with E-state index in [9.17, 15) is 0 Å². The van der Waals surface area contributed by atoms with Crippen LogP contribution in [0.5, 0.6) is 0 Å². The van der Waals surface area contributed by atoms with Gasteiger partial charge in [0, 0.05) is 29.7 Å². The maximum Gasteiger partial charge on any atom is 0.127 e. The fourth-order valence-corrected chi connectivity index (χ4v) is 3.66. The van der Waals surface area contributed by atoms with Crippen molar-refractivity contribution in [3.05, 3.63) is 102 Å². The first kappa shape index (κ1) is 18.0. The third-order valence-corrected chi connectivity index (χ3v) is 4.75. The summed E-state index contributed by atoms with van der Waals surface area (Å²) in [4.78, 5) is 9.90. The highest BCUT2D eigenvalue weighted by Crippen LogP contribution is 2.33. The predicted molar refractivity (Wildman–Crippen MR) is 117 cm³/mol. The molecule has 4 aromatic rings. The van der Waals surface area contributed by atoms with Crippen molar-refractivity contribution in [2.24, 2.45) is 0 Å². The van der Waals surface area contributed by atoms with E-state index in [-0.39, 0.29) is 0 Å². The zero-order valence-electron chi connectivity index (χ0n) is 16.5.